The van der Waals surface area contributed by atoms with Gasteiger partial charge in [0.2, 0.25) is 5.91 Å². The van der Waals surface area contributed by atoms with Gasteiger partial charge >= 0.3 is 12.1 Å². The molecule has 48 heavy (non-hydrogen) atoms. The monoisotopic (exact) mass is 655 g/mol. The third kappa shape index (κ3) is 7.49. The third-order valence-electron chi connectivity index (χ3n) is 11.6. The highest BCUT2D eigenvalue weighted by atomic mass is 16.2. The average molecular weight is 656 g/mol. The number of hydrogen-bond donors (Lipinski definition) is 2. The zero-order chi connectivity index (χ0) is 33.0. The molecule has 258 valence electrons. The molecule has 10 nitrogen and oxygen atoms in total. The first-order valence-electron chi connectivity index (χ1n) is 18.4. The number of piperazine rings is 1. The van der Waals surface area contributed by atoms with Crippen LogP contribution in [0.1, 0.15) is 60.8 Å². The Bertz CT molecular complexity index is 1460. The van der Waals surface area contributed by atoms with Gasteiger partial charge in [-0.25, -0.2) is 9.59 Å². The van der Waals surface area contributed by atoms with Gasteiger partial charge in [-0.1, -0.05) is 36.4 Å². The fourth-order valence-electron chi connectivity index (χ4n) is 8.60. The molecule has 0 unspecified atom stereocenters. The Morgan fingerprint density at radius 3 is 2.25 bits per heavy atom. The number of aryl methyl sites for hydroxylation is 2. The predicted molar refractivity (Wildman–Crippen MR) is 188 cm³/mol. The number of urea groups is 2. The van der Waals surface area contributed by atoms with Gasteiger partial charge < -0.3 is 30.2 Å². The Morgan fingerprint density at radius 2 is 1.48 bits per heavy atom. The summed E-state index contributed by atoms with van der Waals surface area (Å²) in [6.07, 6.45) is 9.79. The lowest BCUT2D eigenvalue weighted by atomic mass is 9.89. The summed E-state index contributed by atoms with van der Waals surface area (Å²) in [5, 5.41) is 6.29. The lowest BCUT2D eigenvalue weighted by molar-refractivity contribution is -0.135. The number of fused-ring (bicyclic) bond motifs is 2. The predicted octanol–water partition coefficient (Wildman–Crippen LogP) is 3.98. The number of piperidine rings is 2. The minimum Gasteiger partial charge on any atom is -0.338 e. The minimum atomic E-state index is -0.610. The third-order valence-corrected chi connectivity index (χ3v) is 11.6. The molecule has 0 bridgehead atoms. The van der Waals surface area contributed by atoms with Crippen molar-refractivity contribution >= 4 is 23.7 Å². The zero-order valence-corrected chi connectivity index (χ0v) is 28.7. The number of benzene rings is 2. The van der Waals surface area contributed by atoms with Crippen LogP contribution in [0.25, 0.3) is 0 Å². The van der Waals surface area contributed by atoms with Gasteiger partial charge in [0, 0.05) is 70.0 Å². The first kappa shape index (κ1) is 32.9. The van der Waals surface area contributed by atoms with Gasteiger partial charge in [-0.15, -0.1) is 0 Å². The molecule has 5 amide bonds. The maximum absolute atomic E-state index is 14.2. The van der Waals surface area contributed by atoms with Crippen LogP contribution in [-0.4, -0.2) is 127 Å². The number of likely N-dealkylation sites (tertiary alicyclic amines) is 2. The van der Waals surface area contributed by atoms with Gasteiger partial charge in [-0.05, 0) is 106 Å². The van der Waals surface area contributed by atoms with Gasteiger partial charge in [0.15, 0.2) is 0 Å². The zero-order valence-electron chi connectivity index (χ0n) is 28.7. The number of nitrogens with one attached hydrogen (secondary N) is 2. The van der Waals surface area contributed by atoms with E-state index >= 15 is 0 Å². The average Bonchev–Trinajstić information content (AvgIpc) is 3.29. The molecule has 1 aliphatic carbocycles. The van der Waals surface area contributed by atoms with Gasteiger partial charge in [-0.2, -0.15) is 0 Å². The number of carbonyl (C=O) groups excluding carboxylic acids is 3. The summed E-state index contributed by atoms with van der Waals surface area (Å²) >= 11 is 0. The van der Waals surface area contributed by atoms with Crippen LogP contribution in [-0.2, 0) is 30.5 Å². The summed E-state index contributed by atoms with van der Waals surface area (Å²) in [6.45, 7) is 7.24. The molecule has 2 N–H and O–H groups in total. The Morgan fingerprint density at radius 1 is 0.771 bits per heavy atom. The van der Waals surface area contributed by atoms with Crippen molar-refractivity contribution in [2.75, 3.05) is 71.3 Å². The lowest BCUT2D eigenvalue weighted by Gasteiger charge is -2.43. The summed E-state index contributed by atoms with van der Waals surface area (Å²) in [6, 6.07) is 14.5. The highest BCUT2D eigenvalue weighted by molar-refractivity contribution is 5.91. The molecule has 3 fully saturated rings. The summed E-state index contributed by atoms with van der Waals surface area (Å²) in [7, 11) is 2.19. The normalized spacial score (nSPS) is 22.4. The molecule has 2 aromatic carbocycles. The highest BCUT2D eigenvalue weighted by Crippen LogP contribution is 2.26. The summed E-state index contributed by atoms with van der Waals surface area (Å²) in [4.78, 5) is 51.8. The molecule has 4 aliphatic heterocycles. The van der Waals surface area contributed by atoms with E-state index in [0.717, 1.165) is 75.1 Å². The second kappa shape index (κ2) is 14.9. The molecular weight excluding hydrogens is 602 g/mol. The van der Waals surface area contributed by atoms with Crippen LogP contribution in [0.4, 0.5) is 15.3 Å². The maximum atomic E-state index is 14.2. The van der Waals surface area contributed by atoms with E-state index in [9.17, 15) is 14.4 Å². The van der Waals surface area contributed by atoms with Crippen LogP contribution in [0.2, 0.25) is 0 Å². The highest BCUT2D eigenvalue weighted by Gasteiger charge is 2.35. The van der Waals surface area contributed by atoms with E-state index in [0.29, 0.717) is 45.2 Å². The molecule has 0 aromatic heterocycles. The van der Waals surface area contributed by atoms with E-state index < -0.39 is 6.04 Å². The number of para-hydroxylation sites is 1. The number of carbonyl (C=O) groups is 3. The molecule has 3 saturated heterocycles. The molecule has 2 aromatic rings. The van der Waals surface area contributed by atoms with Crippen molar-refractivity contribution in [3.63, 3.8) is 0 Å². The standard InChI is InChI=1S/C38H53N7O3/c1-41-17-13-32(14-18-41)42-22-24-43(25-23-42)36(46)35(27-28-10-11-29-6-2-3-8-31(29)26-28)40-37(47)44-19-15-33(16-20-44)45-21-12-30-7-4-5-9-34(30)39-38(45)48/h4-5,7,9-11,26,32-33,35H,2-3,6,8,12-25,27H2,1H3,(H,39,48)(H,40,47)/t35-/m1/s1. The van der Waals surface area contributed by atoms with Crippen LogP contribution in [0.3, 0.4) is 0 Å². The molecular formula is C38H53N7O3. The van der Waals surface area contributed by atoms with Crippen molar-refractivity contribution < 1.29 is 14.4 Å². The number of hydrogen-bond acceptors (Lipinski definition) is 5. The molecule has 1 atom stereocenters. The molecule has 0 spiro atoms. The fourth-order valence-corrected chi connectivity index (χ4v) is 8.60. The Labute approximate surface area is 285 Å². The largest absolute Gasteiger partial charge is 0.338 e. The number of nitrogens with zero attached hydrogens (tertiary/aromatic N) is 5. The van der Waals surface area contributed by atoms with E-state index in [-0.39, 0.29) is 24.0 Å². The maximum Gasteiger partial charge on any atom is 0.322 e. The SMILES string of the molecule is CN1CCC(N2CCN(C(=O)[C@@H](Cc3ccc4c(c3)CCCC4)NC(=O)N3CCC(N4CCc5ccccc5NC4=O)CC3)CC2)CC1. The van der Waals surface area contributed by atoms with Crippen molar-refractivity contribution in [1.82, 2.24) is 29.8 Å². The summed E-state index contributed by atoms with van der Waals surface area (Å²) in [5.74, 6) is 0.0276. The molecule has 0 radical (unpaired) electrons. The quantitative estimate of drug-likeness (QED) is 0.492. The van der Waals surface area contributed by atoms with E-state index in [2.05, 4.69) is 51.7 Å². The first-order chi connectivity index (χ1) is 23.4. The second-order valence-electron chi connectivity index (χ2n) is 14.7. The molecule has 7 rings (SSSR count). The van der Waals surface area contributed by atoms with Crippen LogP contribution >= 0.6 is 0 Å². The van der Waals surface area contributed by atoms with Gasteiger partial charge in [-0.3, -0.25) is 9.69 Å². The topological polar surface area (TPSA) is 91.5 Å². The molecule has 10 heteroatoms. The molecule has 5 aliphatic rings. The van der Waals surface area contributed by atoms with Crippen molar-refractivity contribution in [3.8, 4) is 0 Å². The molecule has 4 heterocycles. The Balaban J connectivity index is 0.983. The summed E-state index contributed by atoms with van der Waals surface area (Å²) < 4.78 is 0. The van der Waals surface area contributed by atoms with Crippen molar-refractivity contribution in [3.05, 3.63) is 64.7 Å². The van der Waals surface area contributed by atoms with Crippen LogP contribution in [0.5, 0.6) is 0 Å². The van der Waals surface area contributed by atoms with E-state index in [1.54, 1.807) is 0 Å². The lowest BCUT2D eigenvalue weighted by Crippen LogP contribution is -2.59. The second-order valence-corrected chi connectivity index (χ2v) is 14.7. The van der Waals surface area contributed by atoms with Crippen LogP contribution in [0, 0.1) is 0 Å². The number of amides is 5. The summed E-state index contributed by atoms with van der Waals surface area (Å²) in [5.41, 5.74) is 5.98. The van der Waals surface area contributed by atoms with Crippen molar-refractivity contribution in [2.45, 2.75) is 82.3 Å². The van der Waals surface area contributed by atoms with Crippen molar-refractivity contribution in [2.24, 2.45) is 0 Å². The van der Waals surface area contributed by atoms with Gasteiger partial charge in [0.25, 0.3) is 0 Å². The van der Waals surface area contributed by atoms with E-state index in [4.69, 9.17) is 0 Å². The first-order valence-corrected chi connectivity index (χ1v) is 18.4. The Kier molecular flexibility index (Phi) is 10.2. The minimum absolute atomic E-state index is 0.0276. The Hall–Kier alpha value is -3.63. The number of rotatable bonds is 6. The van der Waals surface area contributed by atoms with Gasteiger partial charge in [0.05, 0.1) is 0 Å². The van der Waals surface area contributed by atoms with E-state index in [1.165, 1.54) is 36.8 Å². The van der Waals surface area contributed by atoms with Crippen molar-refractivity contribution in [1.29, 1.82) is 0 Å². The van der Waals surface area contributed by atoms with Gasteiger partial charge in [0.1, 0.15) is 6.04 Å². The smallest absolute Gasteiger partial charge is 0.322 e. The van der Waals surface area contributed by atoms with E-state index in [1.807, 2.05) is 32.9 Å². The van der Waals surface area contributed by atoms with Crippen LogP contribution < -0.4 is 10.6 Å². The molecule has 0 saturated carbocycles. The van der Waals surface area contributed by atoms with Crippen LogP contribution in [0.15, 0.2) is 42.5 Å². The number of anilines is 1. The fraction of sp³-hybridized carbons (Fsp3) is 0.605.